The van der Waals surface area contributed by atoms with Gasteiger partial charge in [-0.25, -0.2) is 0 Å². The van der Waals surface area contributed by atoms with Crippen molar-refractivity contribution in [2.75, 3.05) is 47.4 Å². The number of likely N-dealkylation sites (N-methyl/N-ethyl adjacent to an activating group) is 1. The van der Waals surface area contributed by atoms with Crippen LogP contribution in [0.3, 0.4) is 0 Å². The van der Waals surface area contributed by atoms with E-state index in [4.69, 9.17) is 9.47 Å². The third-order valence-electron chi connectivity index (χ3n) is 7.02. The lowest BCUT2D eigenvalue weighted by Gasteiger charge is -2.35. The van der Waals surface area contributed by atoms with Crippen molar-refractivity contribution in [1.29, 1.82) is 0 Å². The number of methoxy groups -OCH3 is 2. The van der Waals surface area contributed by atoms with Crippen molar-refractivity contribution >= 4 is 17.4 Å². The van der Waals surface area contributed by atoms with Crippen molar-refractivity contribution in [3.05, 3.63) is 29.5 Å². The molecule has 0 N–H and O–H groups in total. The Morgan fingerprint density at radius 2 is 1.44 bits per heavy atom. The fourth-order valence-electron chi connectivity index (χ4n) is 5.13. The van der Waals surface area contributed by atoms with Crippen LogP contribution in [0.4, 0.5) is 0 Å². The van der Waals surface area contributed by atoms with Crippen LogP contribution in [0.15, 0.2) is 23.9 Å². The van der Waals surface area contributed by atoms with Gasteiger partial charge in [0.05, 0.1) is 19.8 Å². The Balaban J connectivity index is 1.74. The number of carbonyl (C=O) groups is 2. The lowest BCUT2D eigenvalue weighted by Crippen LogP contribution is -2.47. The Morgan fingerprint density at radius 3 is 2.06 bits per heavy atom. The Kier molecular flexibility index (Phi) is 7.04. The molecule has 1 saturated heterocycles. The van der Waals surface area contributed by atoms with Gasteiger partial charge in [-0.1, -0.05) is 38.2 Å². The third-order valence-corrected chi connectivity index (χ3v) is 7.02. The van der Waals surface area contributed by atoms with Crippen LogP contribution in [0.2, 0.25) is 0 Å². The molecular formula is C25H35N3O4. The highest BCUT2D eigenvalue weighted by atomic mass is 16.5. The van der Waals surface area contributed by atoms with Gasteiger partial charge in [0, 0.05) is 32.2 Å². The van der Waals surface area contributed by atoms with E-state index >= 15 is 0 Å². The summed E-state index contributed by atoms with van der Waals surface area (Å²) in [7, 11) is 5.26. The molecule has 0 atom stereocenters. The van der Waals surface area contributed by atoms with Crippen LogP contribution in [-0.4, -0.2) is 80.0 Å². The predicted octanol–water partition coefficient (Wildman–Crippen LogP) is 3.14. The zero-order valence-corrected chi connectivity index (χ0v) is 19.6. The largest absolute Gasteiger partial charge is 0.493 e. The molecule has 2 heterocycles. The second-order valence-corrected chi connectivity index (χ2v) is 9.06. The topological polar surface area (TPSA) is 62.3 Å². The second kappa shape index (κ2) is 9.94. The van der Waals surface area contributed by atoms with E-state index in [1.54, 1.807) is 25.2 Å². The maximum Gasteiger partial charge on any atom is 0.278 e. The Bertz CT molecular complexity index is 881. The van der Waals surface area contributed by atoms with Crippen molar-refractivity contribution in [3.63, 3.8) is 0 Å². The van der Waals surface area contributed by atoms with E-state index in [1.807, 2.05) is 12.1 Å². The molecule has 4 rings (SSSR count). The van der Waals surface area contributed by atoms with Crippen molar-refractivity contribution in [2.45, 2.75) is 51.0 Å². The molecule has 3 aliphatic rings. The average molecular weight is 442 g/mol. The fourth-order valence-corrected chi connectivity index (χ4v) is 5.13. The number of carbonyl (C=O) groups excluding carboxylic acids is 2. The van der Waals surface area contributed by atoms with Crippen LogP contribution in [0.5, 0.6) is 11.5 Å². The second-order valence-electron chi connectivity index (χ2n) is 9.06. The van der Waals surface area contributed by atoms with Gasteiger partial charge in [-0.3, -0.25) is 14.5 Å². The summed E-state index contributed by atoms with van der Waals surface area (Å²) in [5.74, 6) is 0.864. The summed E-state index contributed by atoms with van der Waals surface area (Å²) in [6.45, 7) is 3.21. The predicted molar refractivity (Wildman–Crippen MR) is 123 cm³/mol. The molecular weight excluding hydrogens is 406 g/mol. The number of hydrogen-bond donors (Lipinski definition) is 0. The van der Waals surface area contributed by atoms with Gasteiger partial charge in [-0.15, -0.1) is 0 Å². The number of ether oxygens (including phenoxy) is 2. The fraction of sp³-hybridized carbons (Fsp3) is 0.600. The quantitative estimate of drug-likeness (QED) is 0.655. The minimum atomic E-state index is -0.165. The Hall–Kier alpha value is -2.54. The van der Waals surface area contributed by atoms with E-state index in [9.17, 15) is 9.59 Å². The Morgan fingerprint density at radius 1 is 0.812 bits per heavy atom. The standard InChI is InChI=1S/C25H35N3O4/c1-26-13-15-27(16-14-26)23-22(18-11-12-20(31-2)21(17-18)32-3)24(29)28(25(23)30)19-9-7-5-4-6-8-10-19/h11-12,17,19H,4-10,13-16H2,1-3H3. The molecule has 1 aromatic carbocycles. The molecule has 1 saturated carbocycles. The first-order valence-corrected chi connectivity index (χ1v) is 11.8. The van der Waals surface area contributed by atoms with Gasteiger partial charge in [-0.2, -0.15) is 0 Å². The summed E-state index contributed by atoms with van der Waals surface area (Å²) in [5.41, 5.74) is 1.77. The zero-order valence-electron chi connectivity index (χ0n) is 19.6. The van der Waals surface area contributed by atoms with Gasteiger partial charge in [0.25, 0.3) is 11.8 Å². The molecule has 7 heteroatoms. The molecule has 174 valence electrons. The summed E-state index contributed by atoms with van der Waals surface area (Å²) < 4.78 is 10.9. The lowest BCUT2D eigenvalue weighted by molar-refractivity contribution is -0.140. The van der Waals surface area contributed by atoms with Crippen LogP contribution in [0.1, 0.15) is 50.5 Å². The summed E-state index contributed by atoms with van der Waals surface area (Å²) in [6.07, 6.45) is 7.52. The van der Waals surface area contributed by atoms with E-state index in [0.717, 1.165) is 51.9 Å². The average Bonchev–Trinajstić information content (AvgIpc) is 3.04. The highest BCUT2D eigenvalue weighted by Gasteiger charge is 2.45. The maximum atomic E-state index is 13.8. The molecule has 0 bridgehead atoms. The first-order chi connectivity index (χ1) is 15.5. The summed E-state index contributed by atoms with van der Waals surface area (Å²) in [5, 5.41) is 0. The zero-order chi connectivity index (χ0) is 22.7. The number of hydrogen-bond acceptors (Lipinski definition) is 6. The van der Waals surface area contributed by atoms with Crippen molar-refractivity contribution < 1.29 is 19.1 Å². The molecule has 2 fully saturated rings. The highest BCUT2D eigenvalue weighted by Crippen LogP contribution is 2.38. The molecule has 2 amide bonds. The molecule has 1 aliphatic carbocycles. The summed E-state index contributed by atoms with van der Waals surface area (Å²) >= 11 is 0. The number of benzene rings is 1. The molecule has 7 nitrogen and oxygen atoms in total. The minimum Gasteiger partial charge on any atom is -0.493 e. The third kappa shape index (κ3) is 4.35. The van der Waals surface area contributed by atoms with Gasteiger partial charge >= 0.3 is 0 Å². The first kappa shape index (κ1) is 22.6. The van der Waals surface area contributed by atoms with Crippen molar-refractivity contribution in [1.82, 2.24) is 14.7 Å². The number of piperazine rings is 1. The van der Waals surface area contributed by atoms with E-state index in [1.165, 1.54) is 19.3 Å². The monoisotopic (exact) mass is 441 g/mol. The SMILES string of the molecule is COc1ccc(C2=C(N3CCN(C)CC3)C(=O)N(C3CCCCCCC3)C2=O)cc1OC. The summed E-state index contributed by atoms with van der Waals surface area (Å²) in [6, 6.07) is 5.46. The van der Waals surface area contributed by atoms with Gasteiger partial charge in [-0.05, 0) is 37.6 Å². The normalized spacial score (nSPS) is 21.7. The minimum absolute atomic E-state index is 0.0181. The van der Waals surface area contributed by atoms with Crippen LogP contribution in [-0.2, 0) is 9.59 Å². The van der Waals surface area contributed by atoms with Crippen LogP contribution < -0.4 is 9.47 Å². The van der Waals surface area contributed by atoms with Gasteiger partial charge in [0.1, 0.15) is 5.70 Å². The first-order valence-electron chi connectivity index (χ1n) is 11.8. The molecule has 0 aromatic heterocycles. The molecule has 1 aromatic rings. The van der Waals surface area contributed by atoms with Crippen molar-refractivity contribution in [2.24, 2.45) is 0 Å². The molecule has 0 spiro atoms. The lowest BCUT2D eigenvalue weighted by atomic mass is 9.95. The number of amides is 2. The number of nitrogens with zero attached hydrogens (tertiary/aromatic N) is 3. The van der Waals surface area contributed by atoms with E-state index in [2.05, 4.69) is 16.8 Å². The number of rotatable bonds is 5. The maximum absolute atomic E-state index is 13.8. The molecule has 32 heavy (non-hydrogen) atoms. The Labute approximate surface area is 190 Å². The van der Waals surface area contributed by atoms with Gasteiger partial charge in [0.2, 0.25) is 0 Å². The van der Waals surface area contributed by atoms with Crippen LogP contribution in [0.25, 0.3) is 5.57 Å². The van der Waals surface area contributed by atoms with Gasteiger partial charge in [0.15, 0.2) is 11.5 Å². The van der Waals surface area contributed by atoms with E-state index in [0.29, 0.717) is 28.3 Å². The molecule has 2 aliphatic heterocycles. The number of imide groups is 1. The van der Waals surface area contributed by atoms with Gasteiger partial charge < -0.3 is 19.3 Å². The molecule has 0 unspecified atom stereocenters. The van der Waals surface area contributed by atoms with Crippen molar-refractivity contribution in [3.8, 4) is 11.5 Å². The van der Waals surface area contributed by atoms with E-state index < -0.39 is 0 Å². The van der Waals surface area contributed by atoms with Crippen LogP contribution in [0, 0.1) is 0 Å². The highest BCUT2D eigenvalue weighted by molar-refractivity contribution is 6.35. The summed E-state index contributed by atoms with van der Waals surface area (Å²) in [4.78, 5) is 33.5. The van der Waals surface area contributed by atoms with Crippen LogP contribution >= 0.6 is 0 Å². The molecule has 0 radical (unpaired) electrons. The van der Waals surface area contributed by atoms with E-state index in [-0.39, 0.29) is 17.9 Å². The smallest absolute Gasteiger partial charge is 0.278 e.